The molecule has 3 N–H and O–H groups in total. The van der Waals surface area contributed by atoms with Crippen LogP contribution < -0.4 is 5.73 Å². The highest BCUT2D eigenvalue weighted by molar-refractivity contribution is 5.75. The number of hydrogen-bond acceptors (Lipinski definition) is 3. The van der Waals surface area contributed by atoms with Crippen LogP contribution >= 0.6 is 0 Å². The number of aromatic hydroxyl groups is 1. The Balaban J connectivity index is 2.71. The number of aryl methyl sites for hydroxylation is 1. The highest BCUT2D eigenvalue weighted by atomic mass is 16.3. The number of phenolic OH excluding ortho intramolecular Hbond substituents is 1. The Morgan fingerprint density at radius 3 is 2.80 bits per heavy atom. The number of amides is 1. The lowest BCUT2D eigenvalue weighted by Crippen LogP contribution is -2.30. The number of phenols is 1. The Bertz CT molecular complexity index is 364. The molecule has 0 saturated heterocycles. The maximum Gasteiger partial charge on any atom is 0.231 e. The van der Waals surface area contributed by atoms with E-state index >= 15 is 0 Å². The molecule has 1 rings (SSSR count). The maximum atomic E-state index is 10.7. The zero-order valence-electron chi connectivity index (χ0n) is 9.03. The van der Waals surface area contributed by atoms with Crippen molar-refractivity contribution < 1.29 is 9.90 Å². The van der Waals surface area contributed by atoms with Gasteiger partial charge in [0.25, 0.3) is 0 Å². The summed E-state index contributed by atoms with van der Waals surface area (Å²) in [6.07, 6.45) is 0. The Morgan fingerprint density at radius 1 is 1.53 bits per heavy atom. The van der Waals surface area contributed by atoms with E-state index in [0.29, 0.717) is 6.54 Å². The summed E-state index contributed by atoms with van der Waals surface area (Å²) in [7, 11) is 1.78. The minimum atomic E-state index is -0.371. The van der Waals surface area contributed by atoms with Crippen molar-refractivity contribution in [2.75, 3.05) is 13.6 Å². The third kappa shape index (κ3) is 3.59. The van der Waals surface area contributed by atoms with Crippen molar-refractivity contribution in [2.24, 2.45) is 5.73 Å². The average molecular weight is 208 g/mol. The van der Waals surface area contributed by atoms with Crippen LogP contribution in [0.3, 0.4) is 0 Å². The molecule has 0 spiro atoms. The van der Waals surface area contributed by atoms with E-state index in [1.54, 1.807) is 18.0 Å². The van der Waals surface area contributed by atoms with Crippen LogP contribution in [0.1, 0.15) is 11.1 Å². The lowest BCUT2D eigenvalue weighted by Gasteiger charge is -2.15. The quantitative estimate of drug-likeness (QED) is 0.762. The predicted octanol–water partition coefficient (Wildman–Crippen LogP) is 0.618. The molecule has 1 aromatic rings. The van der Waals surface area contributed by atoms with Crippen LogP contribution in [0.4, 0.5) is 0 Å². The van der Waals surface area contributed by atoms with Crippen LogP contribution in [-0.2, 0) is 11.3 Å². The predicted molar refractivity (Wildman–Crippen MR) is 58.4 cm³/mol. The van der Waals surface area contributed by atoms with Gasteiger partial charge in [-0.1, -0.05) is 17.7 Å². The Labute approximate surface area is 89.3 Å². The molecule has 4 nitrogen and oxygen atoms in total. The summed E-state index contributed by atoms with van der Waals surface area (Å²) in [6, 6.07) is 5.39. The molecule has 1 aromatic carbocycles. The molecule has 0 aliphatic rings. The largest absolute Gasteiger partial charge is 0.508 e. The van der Waals surface area contributed by atoms with Gasteiger partial charge in [0.05, 0.1) is 6.54 Å². The minimum absolute atomic E-state index is 0.188. The summed E-state index contributed by atoms with van der Waals surface area (Å²) in [5.41, 5.74) is 6.96. The van der Waals surface area contributed by atoms with Crippen molar-refractivity contribution >= 4 is 5.91 Å². The van der Waals surface area contributed by atoms with E-state index < -0.39 is 0 Å². The molecular weight excluding hydrogens is 192 g/mol. The summed E-state index contributed by atoms with van der Waals surface area (Å²) in [5.74, 6) is -0.124. The maximum absolute atomic E-state index is 10.7. The van der Waals surface area contributed by atoms with Crippen LogP contribution in [0, 0.1) is 6.92 Å². The van der Waals surface area contributed by atoms with Crippen molar-refractivity contribution in [3.63, 3.8) is 0 Å². The second-order valence-corrected chi connectivity index (χ2v) is 3.77. The molecule has 82 valence electrons. The number of carbonyl (C=O) groups excluding carboxylic acids is 1. The van der Waals surface area contributed by atoms with Gasteiger partial charge >= 0.3 is 0 Å². The number of likely N-dealkylation sites (N-methyl/N-ethyl adjacent to an activating group) is 1. The van der Waals surface area contributed by atoms with Crippen LogP contribution in [0.15, 0.2) is 18.2 Å². The van der Waals surface area contributed by atoms with Gasteiger partial charge in [0, 0.05) is 12.1 Å². The number of hydrogen-bond donors (Lipinski definition) is 2. The summed E-state index contributed by atoms with van der Waals surface area (Å²) >= 11 is 0. The van der Waals surface area contributed by atoms with Crippen molar-refractivity contribution in [1.29, 1.82) is 0 Å². The molecule has 0 heterocycles. The van der Waals surface area contributed by atoms with Crippen molar-refractivity contribution in [3.8, 4) is 5.75 Å². The molecule has 4 heteroatoms. The molecule has 1 amide bonds. The fourth-order valence-corrected chi connectivity index (χ4v) is 1.45. The molecule has 0 unspecified atom stereocenters. The molecule has 0 aromatic heterocycles. The average Bonchev–Trinajstić information content (AvgIpc) is 2.10. The van der Waals surface area contributed by atoms with Gasteiger partial charge in [-0.2, -0.15) is 0 Å². The number of rotatable bonds is 4. The van der Waals surface area contributed by atoms with Crippen molar-refractivity contribution in [1.82, 2.24) is 4.90 Å². The zero-order chi connectivity index (χ0) is 11.4. The van der Waals surface area contributed by atoms with Gasteiger partial charge in [0.2, 0.25) is 5.91 Å². The summed E-state index contributed by atoms with van der Waals surface area (Å²) in [4.78, 5) is 12.4. The van der Waals surface area contributed by atoms with Gasteiger partial charge in [0.1, 0.15) is 5.75 Å². The van der Waals surface area contributed by atoms with E-state index in [4.69, 9.17) is 5.73 Å². The molecular formula is C11H16N2O2. The molecule has 0 atom stereocenters. The van der Waals surface area contributed by atoms with E-state index in [1.165, 1.54) is 0 Å². The van der Waals surface area contributed by atoms with Gasteiger partial charge in [-0.05, 0) is 20.0 Å². The Morgan fingerprint density at radius 2 is 2.20 bits per heavy atom. The standard InChI is InChI=1S/C11H16N2O2/c1-8-3-4-10(14)9(5-8)6-13(2)7-11(12)15/h3-5,14H,6-7H2,1-2H3,(H2,12,15). The van der Waals surface area contributed by atoms with Gasteiger partial charge in [-0.3, -0.25) is 9.69 Å². The first-order chi connectivity index (χ1) is 6.99. The summed E-state index contributed by atoms with van der Waals surface area (Å²) < 4.78 is 0. The van der Waals surface area contributed by atoms with Crippen LogP contribution in [0.2, 0.25) is 0 Å². The number of nitrogens with two attached hydrogens (primary N) is 1. The van der Waals surface area contributed by atoms with Crippen LogP contribution in [0.5, 0.6) is 5.75 Å². The van der Waals surface area contributed by atoms with Gasteiger partial charge < -0.3 is 10.8 Å². The number of benzene rings is 1. The number of carbonyl (C=O) groups is 1. The fourth-order valence-electron chi connectivity index (χ4n) is 1.45. The normalized spacial score (nSPS) is 10.6. The van der Waals surface area contributed by atoms with Gasteiger partial charge in [-0.25, -0.2) is 0 Å². The molecule has 0 aliphatic carbocycles. The monoisotopic (exact) mass is 208 g/mol. The molecule has 0 aliphatic heterocycles. The number of primary amides is 1. The number of nitrogens with zero attached hydrogens (tertiary/aromatic N) is 1. The minimum Gasteiger partial charge on any atom is -0.508 e. The molecule has 15 heavy (non-hydrogen) atoms. The topological polar surface area (TPSA) is 66.6 Å². The second-order valence-electron chi connectivity index (χ2n) is 3.77. The molecule has 0 saturated carbocycles. The second kappa shape index (κ2) is 4.79. The Hall–Kier alpha value is -1.55. The highest BCUT2D eigenvalue weighted by Gasteiger charge is 2.07. The van der Waals surface area contributed by atoms with E-state index in [9.17, 15) is 9.90 Å². The van der Waals surface area contributed by atoms with E-state index in [-0.39, 0.29) is 18.2 Å². The van der Waals surface area contributed by atoms with E-state index in [1.807, 2.05) is 19.1 Å². The first-order valence-corrected chi connectivity index (χ1v) is 4.74. The lowest BCUT2D eigenvalue weighted by molar-refractivity contribution is -0.118. The first-order valence-electron chi connectivity index (χ1n) is 4.74. The summed E-state index contributed by atoms with van der Waals surface area (Å²) in [6.45, 7) is 2.65. The SMILES string of the molecule is Cc1ccc(O)c(CN(C)CC(N)=O)c1. The van der Waals surface area contributed by atoms with E-state index in [2.05, 4.69) is 0 Å². The van der Waals surface area contributed by atoms with Crippen molar-refractivity contribution in [3.05, 3.63) is 29.3 Å². The Kier molecular flexibility index (Phi) is 3.68. The van der Waals surface area contributed by atoms with Crippen LogP contribution in [0.25, 0.3) is 0 Å². The smallest absolute Gasteiger partial charge is 0.231 e. The fraction of sp³-hybridized carbons (Fsp3) is 0.364. The van der Waals surface area contributed by atoms with Gasteiger partial charge in [-0.15, -0.1) is 0 Å². The van der Waals surface area contributed by atoms with Crippen LogP contribution in [-0.4, -0.2) is 29.5 Å². The first kappa shape index (κ1) is 11.5. The molecule has 0 fully saturated rings. The molecule has 0 bridgehead atoms. The van der Waals surface area contributed by atoms with E-state index in [0.717, 1.165) is 11.1 Å². The third-order valence-corrected chi connectivity index (χ3v) is 2.10. The zero-order valence-corrected chi connectivity index (χ0v) is 9.03. The lowest BCUT2D eigenvalue weighted by atomic mass is 10.1. The van der Waals surface area contributed by atoms with Crippen molar-refractivity contribution in [2.45, 2.75) is 13.5 Å². The van der Waals surface area contributed by atoms with Gasteiger partial charge in [0.15, 0.2) is 0 Å². The highest BCUT2D eigenvalue weighted by Crippen LogP contribution is 2.19. The summed E-state index contributed by atoms with van der Waals surface area (Å²) in [5, 5.41) is 9.58. The molecule has 0 radical (unpaired) electrons. The third-order valence-electron chi connectivity index (χ3n) is 2.10.